The Morgan fingerprint density at radius 3 is 1.82 bits per heavy atom. The minimum absolute atomic E-state index is 0.402. The van der Waals surface area contributed by atoms with Gasteiger partial charge in [0.2, 0.25) is 0 Å². The third kappa shape index (κ3) is 7.50. The van der Waals surface area contributed by atoms with Crippen molar-refractivity contribution in [2.75, 3.05) is 0 Å². The lowest BCUT2D eigenvalue weighted by Gasteiger charge is -2.23. The van der Waals surface area contributed by atoms with Gasteiger partial charge < -0.3 is 9.47 Å². The van der Waals surface area contributed by atoms with Crippen molar-refractivity contribution < 1.29 is 13.7 Å². The van der Waals surface area contributed by atoms with E-state index in [0.29, 0.717) is 13.2 Å². The highest BCUT2D eigenvalue weighted by Crippen LogP contribution is 2.15. The molecule has 0 radical (unpaired) electrons. The standard InChI is InChI=1S/C23H29NO3S/c1-5-21(26-17-19-12-8-6-9-13-19)22(16-24-28(25)23(2,3)4)27-18-20-14-10-7-11-15-20/h5-16,21-22H,1,17-18H2,2-4H3/b24-16+/t21-,22-,28?/m1/s1. The van der Waals surface area contributed by atoms with Gasteiger partial charge in [-0.05, 0) is 31.9 Å². The first kappa shape index (κ1) is 22.2. The first-order valence-corrected chi connectivity index (χ1v) is 10.4. The van der Waals surface area contributed by atoms with Gasteiger partial charge in [-0.3, -0.25) is 0 Å². The molecule has 0 heterocycles. The Kier molecular flexibility index (Phi) is 8.77. The van der Waals surface area contributed by atoms with Crippen molar-refractivity contribution in [2.45, 2.75) is 50.9 Å². The third-order valence-electron chi connectivity index (χ3n) is 3.95. The van der Waals surface area contributed by atoms with Gasteiger partial charge in [-0.1, -0.05) is 66.7 Å². The number of nitrogens with zero attached hydrogens (tertiary/aromatic N) is 1. The highest BCUT2D eigenvalue weighted by atomic mass is 32.2. The SMILES string of the molecule is C=C[C@@H](OCc1ccccc1)[C@@H](/C=N/S(=O)C(C)(C)C)OCc1ccccc1. The quantitative estimate of drug-likeness (QED) is 0.423. The lowest BCUT2D eigenvalue weighted by Crippen LogP contribution is -2.32. The molecule has 0 bridgehead atoms. The summed E-state index contributed by atoms with van der Waals surface area (Å²) in [6, 6.07) is 19.8. The van der Waals surface area contributed by atoms with Gasteiger partial charge >= 0.3 is 0 Å². The van der Waals surface area contributed by atoms with Crippen molar-refractivity contribution in [3.63, 3.8) is 0 Å². The zero-order valence-electron chi connectivity index (χ0n) is 16.8. The molecule has 0 N–H and O–H groups in total. The number of rotatable bonds is 10. The fourth-order valence-electron chi connectivity index (χ4n) is 2.33. The predicted molar refractivity (Wildman–Crippen MR) is 117 cm³/mol. The fraction of sp³-hybridized carbons (Fsp3) is 0.348. The minimum atomic E-state index is -1.36. The zero-order chi connectivity index (χ0) is 20.4. The summed E-state index contributed by atoms with van der Waals surface area (Å²) in [4.78, 5) is 0. The largest absolute Gasteiger partial charge is 0.366 e. The second-order valence-corrected chi connectivity index (χ2v) is 9.31. The molecule has 2 rings (SSSR count). The Bertz CT molecular complexity index is 769. The highest BCUT2D eigenvalue weighted by Gasteiger charge is 2.22. The van der Waals surface area contributed by atoms with Gasteiger partial charge in [0.1, 0.15) is 23.2 Å². The molecule has 0 aliphatic rings. The van der Waals surface area contributed by atoms with E-state index in [1.807, 2.05) is 81.4 Å². The van der Waals surface area contributed by atoms with Crippen molar-refractivity contribution in [2.24, 2.45) is 4.40 Å². The smallest absolute Gasteiger partial charge is 0.144 e. The van der Waals surface area contributed by atoms with E-state index in [9.17, 15) is 4.21 Å². The van der Waals surface area contributed by atoms with Crippen LogP contribution in [-0.4, -0.2) is 27.4 Å². The normalized spacial score (nSPS) is 15.2. The second kappa shape index (κ2) is 11.1. The summed E-state index contributed by atoms with van der Waals surface area (Å²) in [5.74, 6) is 0. The van der Waals surface area contributed by atoms with E-state index in [4.69, 9.17) is 9.47 Å². The average Bonchev–Trinajstić information content (AvgIpc) is 2.70. The lowest BCUT2D eigenvalue weighted by atomic mass is 10.2. The van der Waals surface area contributed by atoms with Crippen LogP contribution in [0.25, 0.3) is 0 Å². The summed E-state index contributed by atoms with van der Waals surface area (Å²) in [6.07, 6.45) is 2.38. The van der Waals surface area contributed by atoms with E-state index in [1.54, 1.807) is 12.3 Å². The maximum absolute atomic E-state index is 12.3. The second-order valence-electron chi connectivity index (χ2n) is 7.37. The molecule has 2 aromatic carbocycles. The topological polar surface area (TPSA) is 47.9 Å². The van der Waals surface area contributed by atoms with Crippen LogP contribution >= 0.6 is 0 Å². The van der Waals surface area contributed by atoms with Gasteiger partial charge in [0.25, 0.3) is 0 Å². The summed E-state index contributed by atoms with van der Waals surface area (Å²) in [7, 11) is -1.36. The average molecular weight is 400 g/mol. The summed E-state index contributed by atoms with van der Waals surface area (Å²) in [6.45, 7) is 10.4. The number of benzene rings is 2. The summed E-state index contributed by atoms with van der Waals surface area (Å²) < 4.78 is 28.2. The maximum Gasteiger partial charge on any atom is 0.144 e. The molecule has 150 valence electrons. The van der Waals surface area contributed by atoms with Crippen LogP contribution in [0.1, 0.15) is 31.9 Å². The highest BCUT2D eigenvalue weighted by molar-refractivity contribution is 7.85. The molecule has 0 saturated heterocycles. The predicted octanol–water partition coefficient (Wildman–Crippen LogP) is 4.88. The number of ether oxygens (including phenoxy) is 2. The first-order valence-electron chi connectivity index (χ1n) is 9.30. The summed E-state index contributed by atoms with van der Waals surface area (Å²) in [5.41, 5.74) is 2.11. The van der Waals surface area contributed by atoms with Crippen molar-refractivity contribution >= 4 is 17.2 Å². The Balaban J connectivity index is 2.10. The van der Waals surface area contributed by atoms with Crippen LogP contribution in [0.3, 0.4) is 0 Å². The zero-order valence-corrected chi connectivity index (χ0v) is 17.6. The molecule has 0 aliphatic carbocycles. The summed E-state index contributed by atoms with van der Waals surface area (Å²) >= 11 is 0. The molecule has 1 unspecified atom stereocenters. The van der Waals surface area contributed by atoms with E-state index in [0.717, 1.165) is 11.1 Å². The van der Waals surface area contributed by atoms with Gasteiger partial charge in [0.05, 0.1) is 18.0 Å². The molecular weight excluding hydrogens is 370 g/mol. The van der Waals surface area contributed by atoms with Crippen molar-refractivity contribution in [3.05, 3.63) is 84.4 Å². The van der Waals surface area contributed by atoms with Gasteiger partial charge in [-0.2, -0.15) is 4.40 Å². The van der Waals surface area contributed by atoms with Crippen LogP contribution in [-0.2, 0) is 33.7 Å². The summed E-state index contributed by atoms with van der Waals surface area (Å²) in [5, 5.41) is 0. The van der Waals surface area contributed by atoms with E-state index in [1.165, 1.54) is 0 Å². The van der Waals surface area contributed by atoms with Crippen LogP contribution in [0, 0.1) is 0 Å². The van der Waals surface area contributed by atoms with E-state index < -0.39 is 27.9 Å². The molecule has 28 heavy (non-hydrogen) atoms. The van der Waals surface area contributed by atoms with Gasteiger partial charge in [0, 0.05) is 6.21 Å². The van der Waals surface area contributed by atoms with Crippen LogP contribution in [0.2, 0.25) is 0 Å². The number of hydrogen-bond acceptors (Lipinski definition) is 3. The third-order valence-corrected chi connectivity index (χ3v) is 5.31. The maximum atomic E-state index is 12.3. The van der Waals surface area contributed by atoms with Gasteiger partial charge in [0.15, 0.2) is 0 Å². The minimum Gasteiger partial charge on any atom is -0.366 e. The molecule has 0 aromatic heterocycles. The molecule has 3 atom stereocenters. The lowest BCUT2D eigenvalue weighted by molar-refractivity contribution is -0.0308. The molecule has 5 heteroatoms. The molecule has 0 amide bonds. The molecule has 0 spiro atoms. The Morgan fingerprint density at radius 2 is 1.39 bits per heavy atom. The fourth-order valence-corrected chi connectivity index (χ4v) is 2.87. The van der Waals surface area contributed by atoms with Gasteiger partial charge in [-0.25, -0.2) is 4.21 Å². The first-order chi connectivity index (χ1) is 13.4. The van der Waals surface area contributed by atoms with Crippen LogP contribution in [0.15, 0.2) is 77.7 Å². The molecule has 0 fully saturated rings. The van der Waals surface area contributed by atoms with E-state index in [-0.39, 0.29) is 0 Å². The van der Waals surface area contributed by atoms with Crippen molar-refractivity contribution in [1.82, 2.24) is 0 Å². The Morgan fingerprint density at radius 1 is 0.929 bits per heavy atom. The van der Waals surface area contributed by atoms with Gasteiger partial charge in [-0.15, -0.1) is 6.58 Å². The molecular formula is C23H29NO3S. The van der Waals surface area contributed by atoms with Crippen LogP contribution in [0.5, 0.6) is 0 Å². The monoisotopic (exact) mass is 399 g/mol. The van der Waals surface area contributed by atoms with E-state index in [2.05, 4.69) is 11.0 Å². The molecule has 0 saturated carbocycles. The van der Waals surface area contributed by atoms with Crippen molar-refractivity contribution in [3.8, 4) is 0 Å². The molecule has 0 aliphatic heterocycles. The van der Waals surface area contributed by atoms with E-state index >= 15 is 0 Å². The Hall–Kier alpha value is -2.08. The Labute approximate surface area is 170 Å². The molecule has 2 aromatic rings. The van der Waals surface area contributed by atoms with Crippen molar-refractivity contribution in [1.29, 1.82) is 0 Å². The van der Waals surface area contributed by atoms with Crippen LogP contribution < -0.4 is 0 Å². The molecule has 4 nitrogen and oxygen atoms in total. The van der Waals surface area contributed by atoms with Crippen LogP contribution in [0.4, 0.5) is 0 Å². The number of hydrogen-bond donors (Lipinski definition) is 0.